The van der Waals surface area contributed by atoms with Crippen molar-refractivity contribution in [2.45, 2.75) is 45.0 Å². The van der Waals surface area contributed by atoms with Gasteiger partial charge in [-0.25, -0.2) is 8.78 Å². The summed E-state index contributed by atoms with van der Waals surface area (Å²) in [5.41, 5.74) is 0.170. The Bertz CT molecular complexity index is 191. The van der Waals surface area contributed by atoms with E-state index in [1.54, 1.807) is 11.9 Å². The fourth-order valence-electron chi connectivity index (χ4n) is 2.72. The third kappa shape index (κ3) is 4.58. The molecule has 4 heteroatoms. The molecule has 0 unspecified atom stereocenters. The van der Waals surface area contributed by atoms with E-state index >= 15 is 0 Å². The molecule has 0 saturated heterocycles. The van der Waals surface area contributed by atoms with E-state index in [1.165, 1.54) is 25.7 Å². The molecule has 0 radical (unpaired) electrons. The van der Waals surface area contributed by atoms with Crippen molar-refractivity contribution >= 4 is 12.6 Å². The third-order valence-electron chi connectivity index (χ3n) is 3.55. The van der Waals surface area contributed by atoms with Crippen LogP contribution in [0.3, 0.4) is 0 Å². The van der Waals surface area contributed by atoms with Gasteiger partial charge in [0.15, 0.2) is 0 Å². The highest BCUT2D eigenvalue weighted by Gasteiger charge is 2.31. The van der Waals surface area contributed by atoms with Crippen molar-refractivity contribution in [3.63, 3.8) is 0 Å². The Balaban J connectivity index is 2.50. The van der Waals surface area contributed by atoms with Crippen molar-refractivity contribution < 1.29 is 8.78 Å². The molecule has 0 aromatic heterocycles. The molecule has 0 heterocycles. The van der Waals surface area contributed by atoms with Crippen LogP contribution in [-0.2, 0) is 0 Å². The molecule has 1 nitrogen and oxygen atoms in total. The summed E-state index contributed by atoms with van der Waals surface area (Å²) in [7, 11) is 1.79. The number of alkyl halides is 2. The summed E-state index contributed by atoms with van der Waals surface area (Å²) in [6.45, 7) is 0.649. The predicted octanol–water partition coefficient (Wildman–Crippen LogP) is 3.45. The summed E-state index contributed by atoms with van der Waals surface area (Å²) in [6, 6.07) is 0. The number of hydrogen-bond donors (Lipinski definition) is 1. The lowest BCUT2D eigenvalue weighted by atomic mass is 9.82. The highest BCUT2D eigenvalue weighted by molar-refractivity contribution is 7.80. The van der Waals surface area contributed by atoms with Crippen LogP contribution in [0.1, 0.15) is 38.5 Å². The second kappa shape index (κ2) is 6.80. The highest BCUT2D eigenvalue weighted by atomic mass is 32.1. The average molecular weight is 251 g/mol. The van der Waals surface area contributed by atoms with Crippen LogP contribution in [0.25, 0.3) is 0 Å². The molecule has 0 atom stereocenters. The van der Waals surface area contributed by atoms with Crippen LogP contribution in [0.2, 0.25) is 0 Å². The number of hydrogen-bond acceptors (Lipinski definition) is 2. The summed E-state index contributed by atoms with van der Waals surface area (Å²) < 4.78 is 24.6. The molecule has 0 bridgehead atoms. The number of halogens is 2. The molecule has 0 aliphatic heterocycles. The van der Waals surface area contributed by atoms with Gasteiger partial charge in [0.1, 0.15) is 0 Å². The summed E-state index contributed by atoms with van der Waals surface area (Å²) in [4.78, 5) is 1.77. The Labute approximate surface area is 103 Å². The molecule has 1 rings (SSSR count). The van der Waals surface area contributed by atoms with E-state index in [4.69, 9.17) is 0 Å². The van der Waals surface area contributed by atoms with Crippen LogP contribution in [-0.4, -0.2) is 37.2 Å². The molecule has 0 aromatic rings. The van der Waals surface area contributed by atoms with Gasteiger partial charge in [0, 0.05) is 6.54 Å². The fraction of sp³-hybridized carbons (Fsp3) is 1.00. The normalized spacial score (nSPS) is 21.4. The Hall–Kier alpha value is 0.170. The predicted molar refractivity (Wildman–Crippen MR) is 67.5 cm³/mol. The summed E-state index contributed by atoms with van der Waals surface area (Å²) >= 11 is 4.45. The Morgan fingerprint density at radius 1 is 1.19 bits per heavy atom. The molecule has 0 N–H and O–H groups in total. The van der Waals surface area contributed by atoms with E-state index < -0.39 is 6.43 Å². The Kier molecular flexibility index (Phi) is 6.05. The monoisotopic (exact) mass is 251 g/mol. The zero-order chi connectivity index (χ0) is 12.0. The van der Waals surface area contributed by atoms with Gasteiger partial charge in [-0.05, 0) is 31.1 Å². The van der Waals surface area contributed by atoms with Gasteiger partial charge in [-0.1, -0.05) is 25.7 Å². The van der Waals surface area contributed by atoms with Crippen LogP contribution in [0.4, 0.5) is 8.78 Å². The lowest BCUT2D eigenvalue weighted by molar-refractivity contribution is 0.0760. The second-order valence-corrected chi connectivity index (χ2v) is 5.48. The van der Waals surface area contributed by atoms with Gasteiger partial charge in [0.2, 0.25) is 0 Å². The van der Waals surface area contributed by atoms with Crippen LogP contribution in [0.5, 0.6) is 0 Å². The first-order valence-electron chi connectivity index (χ1n) is 6.15. The highest BCUT2D eigenvalue weighted by Crippen LogP contribution is 2.36. The number of nitrogens with zero attached hydrogens (tertiary/aromatic N) is 1. The van der Waals surface area contributed by atoms with Gasteiger partial charge in [0.25, 0.3) is 6.43 Å². The lowest BCUT2D eigenvalue weighted by Gasteiger charge is -2.35. The maximum atomic E-state index is 12.3. The molecule has 1 aliphatic carbocycles. The van der Waals surface area contributed by atoms with Crippen LogP contribution in [0.15, 0.2) is 0 Å². The Morgan fingerprint density at radius 3 is 2.19 bits per heavy atom. The molecule has 1 saturated carbocycles. The maximum absolute atomic E-state index is 12.3. The van der Waals surface area contributed by atoms with Crippen molar-refractivity contribution in [2.75, 3.05) is 25.9 Å². The quantitative estimate of drug-likeness (QED) is 0.578. The van der Waals surface area contributed by atoms with Gasteiger partial charge in [-0.3, -0.25) is 0 Å². The number of rotatable bonds is 5. The average Bonchev–Trinajstić information content (AvgIpc) is 2.43. The minimum atomic E-state index is -2.23. The first-order valence-corrected chi connectivity index (χ1v) is 6.79. The van der Waals surface area contributed by atoms with E-state index in [0.29, 0.717) is 0 Å². The van der Waals surface area contributed by atoms with Crippen LogP contribution < -0.4 is 0 Å². The smallest absolute Gasteiger partial charge is 0.251 e. The SMILES string of the molecule is CN(CC(F)F)CC1(CS)CCCCCC1. The van der Waals surface area contributed by atoms with Gasteiger partial charge in [0.05, 0.1) is 6.54 Å². The van der Waals surface area contributed by atoms with Crippen molar-refractivity contribution in [3.05, 3.63) is 0 Å². The topological polar surface area (TPSA) is 3.24 Å². The van der Waals surface area contributed by atoms with Gasteiger partial charge in [-0.15, -0.1) is 0 Å². The third-order valence-corrected chi connectivity index (χ3v) is 4.23. The largest absolute Gasteiger partial charge is 0.300 e. The summed E-state index contributed by atoms with van der Waals surface area (Å²) in [6.07, 6.45) is 5.08. The zero-order valence-corrected chi connectivity index (χ0v) is 11.0. The van der Waals surface area contributed by atoms with E-state index in [0.717, 1.165) is 25.1 Å². The van der Waals surface area contributed by atoms with E-state index in [-0.39, 0.29) is 12.0 Å². The molecular weight excluding hydrogens is 228 g/mol. The summed E-state index contributed by atoms with van der Waals surface area (Å²) in [5, 5.41) is 0. The maximum Gasteiger partial charge on any atom is 0.251 e. The first kappa shape index (κ1) is 14.2. The van der Waals surface area contributed by atoms with Crippen molar-refractivity contribution in [1.82, 2.24) is 4.90 Å². The molecule has 1 aliphatic rings. The van der Waals surface area contributed by atoms with E-state index in [9.17, 15) is 8.78 Å². The van der Waals surface area contributed by atoms with Crippen molar-refractivity contribution in [3.8, 4) is 0 Å². The van der Waals surface area contributed by atoms with Crippen LogP contribution >= 0.6 is 12.6 Å². The molecule has 0 spiro atoms. The summed E-state index contributed by atoms with van der Waals surface area (Å²) in [5.74, 6) is 0.820. The van der Waals surface area contributed by atoms with Crippen LogP contribution in [0, 0.1) is 5.41 Å². The zero-order valence-electron chi connectivity index (χ0n) is 10.1. The molecule has 16 heavy (non-hydrogen) atoms. The molecule has 0 aromatic carbocycles. The van der Waals surface area contributed by atoms with Crippen molar-refractivity contribution in [1.29, 1.82) is 0 Å². The number of thiol groups is 1. The molecule has 0 amide bonds. The lowest BCUT2D eigenvalue weighted by Crippen LogP contribution is -2.39. The fourth-order valence-corrected chi connectivity index (χ4v) is 3.13. The minimum Gasteiger partial charge on any atom is -0.300 e. The van der Waals surface area contributed by atoms with E-state index in [1.807, 2.05) is 0 Å². The molecular formula is C12H23F2NS. The van der Waals surface area contributed by atoms with Crippen molar-refractivity contribution in [2.24, 2.45) is 5.41 Å². The standard InChI is InChI=1S/C12H23F2NS/c1-15(8-11(13)14)9-12(10-16)6-4-2-3-5-7-12/h11,16H,2-10H2,1H3. The van der Waals surface area contributed by atoms with E-state index in [2.05, 4.69) is 12.6 Å². The second-order valence-electron chi connectivity index (χ2n) is 5.16. The Morgan fingerprint density at radius 2 is 1.75 bits per heavy atom. The minimum absolute atomic E-state index is 0.116. The van der Waals surface area contributed by atoms with Gasteiger partial charge in [-0.2, -0.15) is 12.6 Å². The van der Waals surface area contributed by atoms with Gasteiger partial charge < -0.3 is 4.90 Å². The molecule has 1 fully saturated rings. The molecule has 96 valence electrons. The first-order chi connectivity index (χ1) is 7.58. The van der Waals surface area contributed by atoms with Gasteiger partial charge >= 0.3 is 0 Å².